The van der Waals surface area contributed by atoms with Crippen LogP contribution in [0.3, 0.4) is 0 Å². The molecule has 4 nitrogen and oxygen atoms in total. The average Bonchev–Trinajstić information content (AvgIpc) is 3.08. The first-order valence-electron chi connectivity index (χ1n) is 8.52. The maximum Gasteiger partial charge on any atom is 0.416 e. The fourth-order valence-electron chi connectivity index (χ4n) is 3.51. The minimum absolute atomic E-state index is 0.528. The van der Waals surface area contributed by atoms with E-state index in [0.717, 1.165) is 22.8 Å². The van der Waals surface area contributed by atoms with E-state index in [4.69, 9.17) is 0 Å². The number of aryl methyl sites for hydroxylation is 2. The number of rotatable bonds is 1. The minimum atomic E-state index is -4.39. The van der Waals surface area contributed by atoms with Gasteiger partial charge in [0.1, 0.15) is 0 Å². The van der Waals surface area contributed by atoms with Crippen molar-refractivity contribution in [2.45, 2.75) is 19.0 Å². The Morgan fingerprint density at radius 1 is 0.852 bits per heavy atom. The van der Waals surface area contributed by atoms with Crippen LogP contribution in [0.15, 0.2) is 54.6 Å². The van der Waals surface area contributed by atoms with Crippen molar-refractivity contribution in [3.63, 3.8) is 0 Å². The van der Waals surface area contributed by atoms with Crippen molar-refractivity contribution in [2.75, 3.05) is 0 Å². The zero-order valence-electron chi connectivity index (χ0n) is 14.0. The standard InChI is InChI=1S/C20H13F3N4/c21-20(22,23)15-9-8-12-6-7-14-10-17-24-25-19(13-4-2-1-3-5-13)27(17)26-18(14)16(12)11-15/h1-5,8-11H,6-7H2. The zero-order chi connectivity index (χ0) is 18.6. The third kappa shape index (κ3) is 2.58. The molecule has 5 rings (SSSR count). The SMILES string of the molecule is FC(F)(F)c1ccc2c(c1)-c1nn3c(-c4ccccc4)nnc3cc1CC2. The minimum Gasteiger partial charge on any atom is -0.192 e. The van der Waals surface area contributed by atoms with Crippen molar-refractivity contribution in [3.8, 4) is 22.6 Å². The predicted molar refractivity (Wildman–Crippen MR) is 94.1 cm³/mol. The fraction of sp³-hybridized carbons (Fsp3) is 0.150. The van der Waals surface area contributed by atoms with E-state index in [9.17, 15) is 13.2 Å². The fourth-order valence-corrected chi connectivity index (χ4v) is 3.51. The maximum absolute atomic E-state index is 13.2. The Morgan fingerprint density at radius 2 is 1.63 bits per heavy atom. The summed E-state index contributed by atoms with van der Waals surface area (Å²) in [7, 11) is 0. The van der Waals surface area contributed by atoms with E-state index in [0.29, 0.717) is 35.6 Å². The summed E-state index contributed by atoms with van der Waals surface area (Å²) in [5, 5.41) is 13.0. The van der Waals surface area contributed by atoms with Crippen LogP contribution in [0, 0.1) is 0 Å². The molecule has 2 aromatic heterocycles. The molecule has 7 heteroatoms. The molecule has 1 aliphatic carbocycles. The summed E-state index contributed by atoms with van der Waals surface area (Å²) in [5.41, 5.74) is 3.62. The molecule has 0 bridgehead atoms. The number of hydrogen-bond donors (Lipinski definition) is 0. The molecule has 134 valence electrons. The van der Waals surface area contributed by atoms with Gasteiger partial charge in [0, 0.05) is 11.1 Å². The molecule has 0 saturated carbocycles. The third-order valence-electron chi connectivity index (χ3n) is 4.86. The molecule has 0 fully saturated rings. The highest BCUT2D eigenvalue weighted by atomic mass is 19.4. The lowest BCUT2D eigenvalue weighted by Gasteiger charge is -2.20. The second-order valence-electron chi connectivity index (χ2n) is 6.55. The molecule has 4 aromatic rings. The monoisotopic (exact) mass is 366 g/mol. The van der Waals surface area contributed by atoms with E-state index in [-0.39, 0.29) is 0 Å². The lowest BCUT2D eigenvalue weighted by Crippen LogP contribution is -2.12. The van der Waals surface area contributed by atoms with Crippen LogP contribution in [0.2, 0.25) is 0 Å². The molecule has 0 aliphatic heterocycles. The molecule has 0 unspecified atom stereocenters. The number of fused-ring (bicyclic) bond motifs is 4. The Labute approximate surface area is 152 Å². The summed E-state index contributed by atoms with van der Waals surface area (Å²) in [4.78, 5) is 0. The molecule has 27 heavy (non-hydrogen) atoms. The second-order valence-corrected chi connectivity index (χ2v) is 6.55. The zero-order valence-corrected chi connectivity index (χ0v) is 14.0. The van der Waals surface area contributed by atoms with Crippen molar-refractivity contribution in [1.82, 2.24) is 19.8 Å². The Balaban J connectivity index is 1.74. The van der Waals surface area contributed by atoms with Gasteiger partial charge in [-0.15, -0.1) is 10.2 Å². The van der Waals surface area contributed by atoms with Crippen molar-refractivity contribution >= 4 is 5.65 Å². The molecule has 0 spiro atoms. The van der Waals surface area contributed by atoms with Crippen LogP contribution in [-0.4, -0.2) is 19.8 Å². The van der Waals surface area contributed by atoms with Gasteiger partial charge in [0.25, 0.3) is 0 Å². The molecule has 0 amide bonds. The Bertz CT molecular complexity index is 1160. The molecule has 1 aliphatic rings. The van der Waals surface area contributed by atoms with Gasteiger partial charge in [0.2, 0.25) is 0 Å². The number of hydrogen-bond acceptors (Lipinski definition) is 3. The summed E-state index contributed by atoms with van der Waals surface area (Å²) in [6.45, 7) is 0. The lowest BCUT2D eigenvalue weighted by molar-refractivity contribution is -0.137. The topological polar surface area (TPSA) is 43.1 Å². The van der Waals surface area contributed by atoms with Crippen LogP contribution < -0.4 is 0 Å². The van der Waals surface area contributed by atoms with Crippen LogP contribution in [0.4, 0.5) is 13.2 Å². The summed E-state index contributed by atoms with van der Waals surface area (Å²) >= 11 is 0. The number of nitrogens with zero attached hydrogens (tertiary/aromatic N) is 4. The van der Waals surface area contributed by atoms with Crippen LogP contribution in [0.5, 0.6) is 0 Å². The van der Waals surface area contributed by atoms with Crippen LogP contribution >= 0.6 is 0 Å². The maximum atomic E-state index is 13.2. The van der Waals surface area contributed by atoms with Gasteiger partial charge >= 0.3 is 6.18 Å². The van der Waals surface area contributed by atoms with Crippen LogP contribution in [-0.2, 0) is 19.0 Å². The highest BCUT2D eigenvalue weighted by Crippen LogP contribution is 2.37. The highest BCUT2D eigenvalue weighted by Gasteiger charge is 2.32. The van der Waals surface area contributed by atoms with Gasteiger partial charge in [0.15, 0.2) is 11.5 Å². The molecule has 2 heterocycles. The van der Waals surface area contributed by atoms with E-state index in [1.165, 1.54) is 6.07 Å². The first-order valence-corrected chi connectivity index (χ1v) is 8.52. The second kappa shape index (κ2) is 5.64. The molecule has 0 N–H and O–H groups in total. The van der Waals surface area contributed by atoms with E-state index in [2.05, 4.69) is 15.3 Å². The number of alkyl halides is 3. The first kappa shape index (κ1) is 16.0. The molecular weight excluding hydrogens is 353 g/mol. The molecule has 0 radical (unpaired) electrons. The van der Waals surface area contributed by atoms with Crippen molar-refractivity contribution in [1.29, 1.82) is 0 Å². The van der Waals surface area contributed by atoms with Gasteiger partial charge < -0.3 is 0 Å². The predicted octanol–water partition coefficient (Wildman–Crippen LogP) is 4.58. The van der Waals surface area contributed by atoms with Crippen molar-refractivity contribution in [3.05, 3.63) is 71.3 Å². The van der Waals surface area contributed by atoms with Gasteiger partial charge in [-0.05, 0) is 42.2 Å². The van der Waals surface area contributed by atoms with E-state index in [1.807, 2.05) is 36.4 Å². The van der Waals surface area contributed by atoms with Gasteiger partial charge in [-0.25, -0.2) is 0 Å². The molecule has 0 atom stereocenters. The Kier molecular flexibility index (Phi) is 3.34. The molecular formula is C20H13F3N4. The van der Waals surface area contributed by atoms with Crippen LogP contribution in [0.25, 0.3) is 28.3 Å². The number of benzene rings is 2. The summed E-state index contributed by atoms with van der Waals surface area (Å²) in [6.07, 6.45) is -2.99. The smallest absolute Gasteiger partial charge is 0.192 e. The van der Waals surface area contributed by atoms with E-state index >= 15 is 0 Å². The summed E-state index contributed by atoms with van der Waals surface area (Å²) < 4.78 is 41.1. The highest BCUT2D eigenvalue weighted by molar-refractivity contribution is 5.72. The Morgan fingerprint density at radius 3 is 2.41 bits per heavy atom. The lowest BCUT2D eigenvalue weighted by atomic mass is 9.88. The molecule has 2 aromatic carbocycles. The quantitative estimate of drug-likeness (QED) is 0.495. The van der Waals surface area contributed by atoms with Gasteiger partial charge in [-0.2, -0.15) is 22.8 Å². The van der Waals surface area contributed by atoms with E-state index in [1.54, 1.807) is 10.6 Å². The van der Waals surface area contributed by atoms with Gasteiger partial charge in [0.05, 0.1) is 11.3 Å². The van der Waals surface area contributed by atoms with Gasteiger partial charge in [-0.1, -0.05) is 36.4 Å². The van der Waals surface area contributed by atoms with E-state index < -0.39 is 11.7 Å². The first-order chi connectivity index (χ1) is 13.0. The third-order valence-corrected chi connectivity index (χ3v) is 4.86. The van der Waals surface area contributed by atoms with Crippen molar-refractivity contribution < 1.29 is 13.2 Å². The largest absolute Gasteiger partial charge is 0.416 e. The average molecular weight is 366 g/mol. The Hall–Kier alpha value is -3.22. The number of halogens is 3. The van der Waals surface area contributed by atoms with Gasteiger partial charge in [-0.3, -0.25) is 0 Å². The summed E-state index contributed by atoms with van der Waals surface area (Å²) in [6, 6.07) is 15.2. The molecule has 0 saturated heterocycles. The van der Waals surface area contributed by atoms with Crippen LogP contribution in [0.1, 0.15) is 16.7 Å². The van der Waals surface area contributed by atoms with Crippen molar-refractivity contribution in [2.24, 2.45) is 0 Å². The summed E-state index contributed by atoms with van der Waals surface area (Å²) in [5.74, 6) is 0.562. The normalized spacial score (nSPS) is 13.4. The number of aromatic nitrogens is 4.